The third-order valence-electron chi connectivity index (χ3n) is 3.90. The Labute approximate surface area is 145 Å². The van der Waals surface area contributed by atoms with Crippen LogP contribution >= 0.6 is 0 Å². The number of nitrogens with one attached hydrogen (secondary N) is 1. The van der Waals surface area contributed by atoms with Gasteiger partial charge in [0.25, 0.3) is 0 Å². The summed E-state index contributed by atoms with van der Waals surface area (Å²) in [6.45, 7) is 0.0524. The van der Waals surface area contributed by atoms with Gasteiger partial charge in [0.2, 0.25) is 5.88 Å². The molecule has 0 bridgehead atoms. The first-order valence-electron chi connectivity index (χ1n) is 7.63. The minimum Gasteiger partial charge on any atom is -0.506 e. The number of phenolic OH excluding ortho intramolecular Hbond substituents is 1. The maximum absolute atomic E-state index is 11.9. The molecule has 0 amide bonds. The molecule has 0 saturated heterocycles. The predicted molar refractivity (Wildman–Crippen MR) is 93.4 cm³/mol. The van der Waals surface area contributed by atoms with Crippen LogP contribution in [0.5, 0.6) is 5.75 Å². The molecule has 2 aromatic rings. The molecule has 1 aliphatic heterocycles. The maximum Gasteiger partial charge on any atom is 0.330 e. The largest absolute Gasteiger partial charge is 0.506 e. The SMILES string of the molecule is O=S1(=O)NC(O)=CN1c1ccc(Cc2ccccc2CCO)cc1O. The van der Waals surface area contributed by atoms with Crippen molar-refractivity contribution >= 4 is 15.9 Å². The Bertz CT molecular complexity index is 924. The van der Waals surface area contributed by atoms with E-state index in [1.807, 2.05) is 29.0 Å². The Kier molecular flexibility index (Phi) is 4.56. The number of anilines is 1. The molecular weight excluding hydrogens is 344 g/mol. The number of rotatable bonds is 5. The van der Waals surface area contributed by atoms with E-state index in [-0.39, 0.29) is 18.0 Å². The Balaban J connectivity index is 1.89. The van der Waals surface area contributed by atoms with Crippen LogP contribution in [0, 0.1) is 0 Å². The van der Waals surface area contributed by atoms with Gasteiger partial charge in [-0.1, -0.05) is 30.3 Å². The van der Waals surface area contributed by atoms with Crippen molar-refractivity contribution in [2.75, 3.05) is 10.9 Å². The summed E-state index contributed by atoms with van der Waals surface area (Å²) in [5.41, 5.74) is 2.89. The summed E-state index contributed by atoms with van der Waals surface area (Å²) in [6, 6.07) is 12.4. The first kappa shape index (κ1) is 17.1. The number of hydrogen-bond donors (Lipinski definition) is 4. The van der Waals surface area contributed by atoms with Crippen molar-refractivity contribution in [1.82, 2.24) is 4.72 Å². The van der Waals surface area contributed by atoms with Gasteiger partial charge in [-0.2, -0.15) is 8.42 Å². The Morgan fingerprint density at radius 3 is 2.36 bits per heavy atom. The van der Waals surface area contributed by atoms with Gasteiger partial charge >= 0.3 is 10.2 Å². The quantitative estimate of drug-likeness (QED) is 0.645. The molecule has 25 heavy (non-hydrogen) atoms. The lowest BCUT2D eigenvalue weighted by molar-refractivity contribution is 0.299. The van der Waals surface area contributed by atoms with Crippen LogP contribution in [0.4, 0.5) is 5.69 Å². The highest BCUT2D eigenvalue weighted by Crippen LogP contribution is 2.33. The van der Waals surface area contributed by atoms with E-state index < -0.39 is 16.1 Å². The maximum atomic E-state index is 11.9. The molecule has 4 N–H and O–H groups in total. The zero-order valence-corrected chi connectivity index (χ0v) is 14.1. The van der Waals surface area contributed by atoms with Crippen LogP contribution in [-0.4, -0.2) is 30.3 Å². The van der Waals surface area contributed by atoms with Gasteiger partial charge in [-0.25, -0.2) is 9.03 Å². The Morgan fingerprint density at radius 1 is 1.04 bits per heavy atom. The van der Waals surface area contributed by atoms with E-state index in [1.54, 1.807) is 6.07 Å². The van der Waals surface area contributed by atoms with Gasteiger partial charge in [0.05, 0.1) is 6.20 Å². The average Bonchev–Trinajstić information content (AvgIpc) is 2.82. The second-order valence-corrected chi connectivity index (χ2v) is 7.21. The van der Waals surface area contributed by atoms with Crippen molar-refractivity contribution in [3.63, 3.8) is 0 Å². The summed E-state index contributed by atoms with van der Waals surface area (Å²) < 4.78 is 26.5. The van der Waals surface area contributed by atoms with Crippen LogP contribution in [-0.2, 0) is 23.1 Å². The second kappa shape index (κ2) is 6.66. The summed E-state index contributed by atoms with van der Waals surface area (Å²) in [7, 11) is -3.94. The number of phenols is 1. The topological polar surface area (TPSA) is 110 Å². The molecule has 1 aliphatic rings. The van der Waals surface area contributed by atoms with Crippen LogP contribution in [0.2, 0.25) is 0 Å². The molecule has 132 valence electrons. The molecule has 0 fully saturated rings. The predicted octanol–water partition coefficient (Wildman–Crippen LogP) is 1.53. The van der Waals surface area contributed by atoms with Crippen molar-refractivity contribution in [3.05, 3.63) is 71.2 Å². The summed E-state index contributed by atoms with van der Waals surface area (Å²) in [6.07, 6.45) is 2.07. The standard InChI is InChI=1S/C17H18N2O5S/c20-8-7-13-3-1-2-4-14(13)9-12-5-6-15(16(21)10-12)19-11-17(22)18-25(19,23)24/h1-6,10-11,18,20-22H,7-9H2. The molecule has 3 rings (SSSR count). The van der Waals surface area contributed by atoms with E-state index >= 15 is 0 Å². The molecular formula is C17H18N2O5S. The molecule has 0 spiro atoms. The summed E-state index contributed by atoms with van der Waals surface area (Å²) in [5.74, 6) is -0.727. The van der Waals surface area contributed by atoms with Crippen LogP contribution in [0.3, 0.4) is 0 Å². The molecule has 8 heteroatoms. The summed E-state index contributed by atoms with van der Waals surface area (Å²) >= 11 is 0. The number of nitrogens with zero attached hydrogens (tertiary/aromatic N) is 1. The molecule has 1 heterocycles. The number of aromatic hydroxyl groups is 1. The minimum absolute atomic E-state index is 0.0453. The lowest BCUT2D eigenvalue weighted by Gasteiger charge is -2.16. The number of benzene rings is 2. The van der Waals surface area contributed by atoms with Gasteiger partial charge in [-0.3, -0.25) is 0 Å². The summed E-state index contributed by atoms with van der Waals surface area (Å²) in [5, 5.41) is 28.7. The summed E-state index contributed by atoms with van der Waals surface area (Å²) in [4.78, 5) is 0. The number of aliphatic hydroxyl groups is 2. The Hall–Kier alpha value is -2.71. The number of hydrogen-bond acceptors (Lipinski definition) is 5. The van der Waals surface area contributed by atoms with E-state index in [2.05, 4.69) is 0 Å². The van der Waals surface area contributed by atoms with Crippen LogP contribution in [0.15, 0.2) is 54.5 Å². The third kappa shape index (κ3) is 3.54. The highest BCUT2D eigenvalue weighted by atomic mass is 32.2. The van der Waals surface area contributed by atoms with E-state index in [9.17, 15) is 18.6 Å². The van der Waals surface area contributed by atoms with Crippen LogP contribution in [0.1, 0.15) is 16.7 Å². The molecule has 0 unspecified atom stereocenters. The highest BCUT2D eigenvalue weighted by molar-refractivity contribution is 7.91. The highest BCUT2D eigenvalue weighted by Gasteiger charge is 2.30. The van der Waals surface area contributed by atoms with E-state index in [4.69, 9.17) is 5.11 Å². The molecule has 0 aromatic heterocycles. The zero-order valence-electron chi connectivity index (χ0n) is 13.3. The van der Waals surface area contributed by atoms with Gasteiger partial charge in [-0.15, -0.1) is 0 Å². The van der Waals surface area contributed by atoms with Gasteiger partial charge < -0.3 is 15.3 Å². The lowest BCUT2D eigenvalue weighted by Crippen LogP contribution is -2.29. The van der Waals surface area contributed by atoms with Crippen molar-refractivity contribution < 1.29 is 23.7 Å². The van der Waals surface area contributed by atoms with E-state index in [0.717, 1.165) is 27.2 Å². The van der Waals surface area contributed by atoms with Crippen molar-refractivity contribution in [1.29, 1.82) is 0 Å². The molecule has 0 radical (unpaired) electrons. The van der Waals surface area contributed by atoms with Gasteiger partial charge in [0.1, 0.15) is 11.4 Å². The van der Waals surface area contributed by atoms with Gasteiger partial charge in [0.15, 0.2) is 0 Å². The van der Waals surface area contributed by atoms with Crippen molar-refractivity contribution in [2.24, 2.45) is 0 Å². The smallest absolute Gasteiger partial charge is 0.330 e. The molecule has 0 atom stereocenters. The fourth-order valence-corrected chi connectivity index (χ4v) is 3.83. The zero-order chi connectivity index (χ0) is 18.0. The average molecular weight is 362 g/mol. The van der Waals surface area contributed by atoms with Gasteiger partial charge in [-0.05, 0) is 41.7 Å². The molecule has 7 nitrogen and oxygen atoms in total. The Morgan fingerprint density at radius 2 is 1.76 bits per heavy atom. The normalized spacial score (nSPS) is 15.7. The third-order valence-corrected chi connectivity index (χ3v) is 5.19. The fraction of sp³-hybridized carbons (Fsp3) is 0.176. The lowest BCUT2D eigenvalue weighted by atomic mass is 9.98. The second-order valence-electron chi connectivity index (χ2n) is 5.66. The van der Waals surface area contributed by atoms with E-state index in [1.165, 1.54) is 12.1 Å². The molecule has 0 aliphatic carbocycles. The van der Waals surface area contributed by atoms with Crippen LogP contribution in [0.25, 0.3) is 0 Å². The van der Waals surface area contributed by atoms with Crippen LogP contribution < -0.4 is 9.03 Å². The molecule has 2 aromatic carbocycles. The molecule has 0 saturated carbocycles. The van der Waals surface area contributed by atoms with Crippen molar-refractivity contribution in [3.8, 4) is 5.75 Å². The van der Waals surface area contributed by atoms with Crippen molar-refractivity contribution in [2.45, 2.75) is 12.8 Å². The van der Waals surface area contributed by atoms with Gasteiger partial charge in [0, 0.05) is 6.61 Å². The monoisotopic (exact) mass is 362 g/mol. The number of aliphatic hydroxyl groups excluding tert-OH is 2. The first-order valence-corrected chi connectivity index (χ1v) is 9.07. The minimum atomic E-state index is -3.94. The first-order chi connectivity index (χ1) is 11.9. The fourth-order valence-electron chi connectivity index (χ4n) is 2.77. The van der Waals surface area contributed by atoms with E-state index in [0.29, 0.717) is 12.8 Å².